The fourth-order valence-corrected chi connectivity index (χ4v) is 2.99. The summed E-state index contributed by atoms with van der Waals surface area (Å²) in [5.41, 5.74) is 0.809. The monoisotopic (exact) mass is 339 g/mol. The quantitative estimate of drug-likeness (QED) is 0.802. The van der Waals surface area contributed by atoms with E-state index in [0.29, 0.717) is 24.0 Å². The van der Waals surface area contributed by atoms with Gasteiger partial charge in [-0.05, 0) is 37.6 Å². The maximum Gasteiger partial charge on any atom is 0.221 e. The highest BCUT2D eigenvalue weighted by Gasteiger charge is 2.19. The summed E-state index contributed by atoms with van der Waals surface area (Å²) >= 11 is 5.99. The van der Waals surface area contributed by atoms with E-state index in [1.807, 2.05) is 6.07 Å². The predicted octanol–water partition coefficient (Wildman–Crippen LogP) is 2.75. The molecule has 1 aliphatic heterocycles. The first-order chi connectivity index (χ1) is 11.1. The molecule has 5 nitrogen and oxygen atoms in total. The number of benzene rings is 1. The highest BCUT2D eigenvalue weighted by molar-refractivity contribution is 6.30. The molecule has 0 unspecified atom stereocenters. The maximum absolute atomic E-state index is 12.1. The van der Waals surface area contributed by atoms with Crippen LogP contribution in [-0.4, -0.2) is 50.1 Å². The van der Waals surface area contributed by atoms with Crippen LogP contribution < -0.4 is 15.4 Å². The van der Waals surface area contributed by atoms with Gasteiger partial charge in [-0.3, -0.25) is 4.79 Å². The maximum atomic E-state index is 12.1. The van der Waals surface area contributed by atoms with Crippen molar-refractivity contribution >= 4 is 23.2 Å². The Labute approximate surface area is 143 Å². The predicted molar refractivity (Wildman–Crippen MR) is 94.4 cm³/mol. The Kier molecular flexibility index (Phi) is 6.99. The number of hydrogen-bond acceptors (Lipinski definition) is 4. The number of carbonyl (C=O) groups is 1. The van der Waals surface area contributed by atoms with Gasteiger partial charge in [0.2, 0.25) is 5.91 Å². The molecule has 0 aromatic heterocycles. The minimum absolute atomic E-state index is 0.0912. The molecule has 1 saturated heterocycles. The topological polar surface area (TPSA) is 53.6 Å². The average molecular weight is 340 g/mol. The fraction of sp³-hybridized carbons (Fsp3) is 0.588. The lowest BCUT2D eigenvalue weighted by molar-refractivity contribution is -0.121. The molecule has 1 aromatic rings. The molecular weight excluding hydrogens is 314 g/mol. The van der Waals surface area contributed by atoms with Crippen LogP contribution >= 0.6 is 11.6 Å². The van der Waals surface area contributed by atoms with Crippen LogP contribution in [0.15, 0.2) is 18.2 Å². The highest BCUT2D eigenvalue weighted by atomic mass is 35.5. The second-order valence-corrected chi connectivity index (χ2v) is 6.23. The number of likely N-dealkylation sites (tertiary alicyclic amines) is 1. The van der Waals surface area contributed by atoms with E-state index in [0.717, 1.165) is 43.9 Å². The third kappa shape index (κ3) is 5.59. The molecule has 0 spiro atoms. The third-order valence-corrected chi connectivity index (χ3v) is 4.46. The molecule has 1 heterocycles. The number of nitrogens with one attached hydrogen (secondary N) is 2. The average Bonchev–Trinajstić information content (AvgIpc) is 2.56. The van der Waals surface area contributed by atoms with Gasteiger partial charge in [0.15, 0.2) is 0 Å². The molecule has 2 N–H and O–H groups in total. The number of halogens is 1. The Morgan fingerprint density at radius 1 is 1.39 bits per heavy atom. The molecule has 1 aromatic carbocycles. The van der Waals surface area contributed by atoms with Crippen molar-refractivity contribution in [2.45, 2.75) is 32.2 Å². The Morgan fingerprint density at radius 2 is 2.13 bits per heavy atom. The van der Waals surface area contributed by atoms with E-state index < -0.39 is 0 Å². The van der Waals surface area contributed by atoms with Gasteiger partial charge in [-0.25, -0.2) is 0 Å². The Hall–Kier alpha value is -1.46. The van der Waals surface area contributed by atoms with Gasteiger partial charge in [0, 0.05) is 37.1 Å². The molecule has 23 heavy (non-hydrogen) atoms. The molecule has 0 bridgehead atoms. The molecule has 6 heteroatoms. The van der Waals surface area contributed by atoms with E-state index >= 15 is 0 Å². The molecule has 2 rings (SSSR count). The Balaban J connectivity index is 1.72. The zero-order chi connectivity index (χ0) is 16.7. The molecule has 0 aliphatic carbocycles. The van der Waals surface area contributed by atoms with E-state index in [9.17, 15) is 4.79 Å². The standard InChI is InChI=1S/C17H26ClN3O2/c1-3-21-10-7-14(8-11-21)20-17(22)6-9-19-15-12-13(18)4-5-16(15)23-2/h4-5,12,14,19H,3,6-11H2,1-2H3,(H,20,22). The summed E-state index contributed by atoms with van der Waals surface area (Å²) in [5.74, 6) is 0.815. The minimum atomic E-state index is 0.0912. The summed E-state index contributed by atoms with van der Waals surface area (Å²) in [6.45, 7) is 5.95. The number of hydrogen-bond donors (Lipinski definition) is 2. The van der Waals surface area contributed by atoms with Gasteiger partial charge in [-0.2, -0.15) is 0 Å². The third-order valence-electron chi connectivity index (χ3n) is 4.23. The molecule has 1 amide bonds. The second kappa shape index (κ2) is 8.99. The number of nitrogens with zero attached hydrogens (tertiary/aromatic N) is 1. The summed E-state index contributed by atoms with van der Waals surface area (Å²) in [5, 5.41) is 6.98. The number of anilines is 1. The van der Waals surface area contributed by atoms with Gasteiger partial charge in [0.25, 0.3) is 0 Å². The van der Waals surface area contributed by atoms with E-state index in [1.165, 1.54) is 0 Å². The molecular formula is C17H26ClN3O2. The summed E-state index contributed by atoms with van der Waals surface area (Å²) < 4.78 is 5.27. The number of piperidine rings is 1. The van der Waals surface area contributed by atoms with Crippen molar-refractivity contribution in [2.75, 3.05) is 38.6 Å². The van der Waals surface area contributed by atoms with Gasteiger partial charge >= 0.3 is 0 Å². The van der Waals surface area contributed by atoms with Crippen LogP contribution in [0.2, 0.25) is 5.02 Å². The van der Waals surface area contributed by atoms with Crippen molar-refractivity contribution in [3.05, 3.63) is 23.2 Å². The lowest BCUT2D eigenvalue weighted by Crippen LogP contribution is -2.44. The van der Waals surface area contributed by atoms with Crippen LogP contribution in [0.1, 0.15) is 26.2 Å². The summed E-state index contributed by atoms with van der Waals surface area (Å²) in [7, 11) is 1.61. The lowest BCUT2D eigenvalue weighted by Gasteiger charge is -2.31. The number of methoxy groups -OCH3 is 1. The van der Waals surface area contributed by atoms with E-state index in [1.54, 1.807) is 19.2 Å². The van der Waals surface area contributed by atoms with Crippen LogP contribution in [0.25, 0.3) is 0 Å². The smallest absolute Gasteiger partial charge is 0.221 e. The SMILES string of the molecule is CCN1CCC(NC(=O)CCNc2cc(Cl)ccc2OC)CC1. The first-order valence-electron chi connectivity index (χ1n) is 8.21. The van der Waals surface area contributed by atoms with Crippen LogP contribution in [0.5, 0.6) is 5.75 Å². The molecule has 1 fully saturated rings. The van der Waals surface area contributed by atoms with Gasteiger partial charge in [-0.15, -0.1) is 0 Å². The largest absolute Gasteiger partial charge is 0.495 e. The Bertz CT molecular complexity index is 517. The molecule has 0 radical (unpaired) electrons. The van der Waals surface area contributed by atoms with Gasteiger partial charge in [0.1, 0.15) is 5.75 Å². The first kappa shape index (κ1) is 17.9. The van der Waals surface area contributed by atoms with Crippen LogP contribution in [-0.2, 0) is 4.79 Å². The van der Waals surface area contributed by atoms with Gasteiger partial charge in [0.05, 0.1) is 12.8 Å². The minimum Gasteiger partial charge on any atom is -0.495 e. The number of carbonyl (C=O) groups excluding carboxylic acids is 1. The van der Waals surface area contributed by atoms with Crippen molar-refractivity contribution in [3.8, 4) is 5.75 Å². The fourth-order valence-electron chi connectivity index (χ4n) is 2.82. The van der Waals surface area contributed by atoms with Gasteiger partial charge in [-0.1, -0.05) is 18.5 Å². The van der Waals surface area contributed by atoms with Crippen molar-refractivity contribution in [1.82, 2.24) is 10.2 Å². The molecule has 128 valence electrons. The summed E-state index contributed by atoms with van der Waals surface area (Å²) in [4.78, 5) is 14.5. The molecule has 1 aliphatic rings. The Morgan fingerprint density at radius 3 is 2.78 bits per heavy atom. The zero-order valence-electron chi connectivity index (χ0n) is 13.9. The summed E-state index contributed by atoms with van der Waals surface area (Å²) in [6.07, 6.45) is 2.51. The van der Waals surface area contributed by atoms with Crippen molar-refractivity contribution < 1.29 is 9.53 Å². The van der Waals surface area contributed by atoms with Crippen LogP contribution in [0, 0.1) is 0 Å². The van der Waals surface area contributed by atoms with Crippen molar-refractivity contribution in [3.63, 3.8) is 0 Å². The zero-order valence-corrected chi connectivity index (χ0v) is 14.7. The number of amides is 1. The number of rotatable bonds is 7. The summed E-state index contributed by atoms with van der Waals surface area (Å²) in [6, 6.07) is 5.71. The van der Waals surface area contributed by atoms with E-state index in [2.05, 4.69) is 22.5 Å². The van der Waals surface area contributed by atoms with Crippen molar-refractivity contribution in [1.29, 1.82) is 0 Å². The van der Waals surface area contributed by atoms with Crippen LogP contribution in [0.3, 0.4) is 0 Å². The molecule has 0 saturated carbocycles. The highest BCUT2D eigenvalue weighted by Crippen LogP contribution is 2.27. The first-order valence-corrected chi connectivity index (χ1v) is 8.59. The van der Waals surface area contributed by atoms with E-state index in [4.69, 9.17) is 16.3 Å². The number of ether oxygens (including phenoxy) is 1. The lowest BCUT2D eigenvalue weighted by atomic mass is 10.0. The van der Waals surface area contributed by atoms with E-state index in [-0.39, 0.29) is 5.91 Å². The molecule has 0 atom stereocenters. The second-order valence-electron chi connectivity index (χ2n) is 5.80. The normalized spacial score (nSPS) is 16.1. The van der Waals surface area contributed by atoms with Crippen molar-refractivity contribution in [2.24, 2.45) is 0 Å². The van der Waals surface area contributed by atoms with Crippen LogP contribution in [0.4, 0.5) is 5.69 Å². The van der Waals surface area contributed by atoms with Gasteiger partial charge < -0.3 is 20.3 Å².